The summed E-state index contributed by atoms with van der Waals surface area (Å²) in [5.41, 5.74) is -1.40. The zero-order valence-corrected chi connectivity index (χ0v) is 20.4. The second-order valence-electron chi connectivity index (χ2n) is 9.92. The Bertz CT molecular complexity index is 1240. The average molecular weight is 536 g/mol. The van der Waals surface area contributed by atoms with Crippen molar-refractivity contribution in [3.05, 3.63) is 89.2 Å². The number of hydrogen-bond donors (Lipinski definition) is 1. The highest BCUT2D eigenvalue weighted by molar-refractivity contribution is 5.66. The van der Waals surface area contributed by atoms with Gasteiger partial charge in [-0.2, -0.15) is 26.3 Å². The van der Waals surface area contributed by atoms with Gasteiger partial charge in [0.2, 0.25) is 0 Å². The number of alkyl halides is 6. The molecule has 2 aromatic carbocycles. The van der Waals surface area contributed by atoms with Crippen LogP contribution in [0.4, 0.5) is 26.3 Å². The Balaban J connectivity index is 1.28. The Morgan fingerprint density at radius 3 is 2.00 bits per heavy atom. The highest BCUT2D eigenvalue weighted by atomic mass is 19.4. The van der Waals surface area contributed by atoms with Crippen molar-refractivity contribution in [1.29, 1.82) is 0 Å². The number of aliphatic hydroxyl groups is 1. The van der Waals surface area contributed by atoms with E-state index < -0.39 is 23.5 Å². The van der Waals surface area contributed by atoms with Gasteiger partial charge in [0.15, 0.2) is 0 Å². The van der Waals surface area contributed by atoms with Crippen LogP contribution in [0.2, 0.25) is 0 Å². The van der Waals surface area contributed by atoms with E-state index in [2.05, 4.69) is 14.8 Å². The Kier molecular flexibility index (Phi) is 7.00. The molecule has 202 valence electrons. The molecule has 1 aliphatic heterocycles. The summed E-state index contributed by atoms with van der Waals surface area (Å²) < 4.78 is 79.1. The lowest BCUT2D eigenvalue weighted by Gasteiger charge is -2.38. The predicted molar refractivity (Wildman–Crippen MR) is 130 cm³/mol. The minimum Gasteiger partial charge on any atom is -0.369 e. The monoisotopic (exact) mass is 535 g/mol. The van der Waals surface area contributed by atoms with Gasteiger partial charge in [0, 0.05) is 56.7 Å². The zero-order chi connectivity index (χ0) is 27.1. The number of benzene rings is 2. The molecule has 1 saturated heterocycles. The van der Waals surface area contributed by atoms with E-state index >= 15 is 0 Å². The number of pyridine rings is 1. The van der Waals surface area contributed by atoms with E-state index in [0.717, 1.165) is 51.1 Å². The minimum absolute atomic E-state index is 0.290. The van der Waals surface area contributed by atoms with Crippen LogP contribution in [0.15, 0.2) is 67.0 Å². The summed E-state index contributed by atoms with van der Waals surface area (Å²) in [7, 11) is 0. The minimum atomic E-state index is -5.90. The normalized spacial score (nSPS) is 19.5. The molecule has 1 aliphatic carbocycles. The van der Waals surface area contributed by atoms with Crippen LogP contribution < -0.4 is 0 Å². The molecule has 4 nitrogen and oxygen atoms in total. The number of piperazine rings is 1. The van der Waals surface area contributed by atoms with Crippen LogP contribution in [0.25, 0.3) is 11.1 Å². The molecule has 1 aromatic heterocycles. The molecule has 1 fully saturated rings. The molecule has 0 radical (unpaired) electrons. The van der Waals surface area contributed by atoms with Gasteiger partial charge in [0.05, 0.1) is 0 Å². The molecule has 1 atom stereocenters. The van der Waals surface area contributed by atoms with Crippen LogP contribution in [0.1, 0.15) is 34.7 Å². The third-order valence-corrected chi connectivity index (χ3v) is 7.65. The Morgan fingerprint density at radius 1 is 0.789 bits per heavy atom. The maximum Gasteiger partial charge on any atom is 0.430 e. The standard InChI is InChI=1S/C28H27F6N3O/c29-27(30,31)26(38,28(32,33)34)23-5-1-20(2-6-23)21-3-7-24-22(17-21)4-8-25(24)37-15-13-36(14-16-37)18-19-9-11-35-12-10-19/h1-3,5-7,9-12,17,25,38H,4,8,13-16,18H2. The number of hydrogen-bond acceptors (Lipinski definition) is 4. The SMILES string of the molecule is OC(c1ccc(-c2ccc3c(c2)CCC3N2CCN(Cc3ccncc3)CC2)cc1)(C(F)(F)F)C(F)(F)F. The molecule has 2 heterocycles. The molecule has 0 bridgehead atoms. The van der Waals surface area contributed by atoms with E-state index in [9.17, 15) is 31.4 Å². The topological polar surface area (TPSA) is 39.6 Å². The third kappa shape index (κ3) is 4.92. The van der Waals surface area contributed by atoms with E-state index in [4.69, 9.17) is 0 Å². The second-order valence-corrected chi connectivity index (χ2v) is 9.92. The first-order valence-electron chi connectivity index (χ1n) is 12.4. The van der Waals surface area contributed by atoms with E-state index in [1.807, 2.05) is 30.3 Å². The van der Waals surface area contributed by atoms with Gasteiger partial charge in [-0.3, -0.25) is 14.8 Å². The second kappa shape index (κ2) is 9.98. The fraction of sp³-hybridized carbons (Fsp3) is 0.393. The lowest BCUT2D eigenvalue weighted by atomic mass is 9.90. The van der Waals surface area contributed by atoms with E-state index in [1.54, 1.807) is 12.4 Å². The van der Waals surface area contributed by atoms with Gasteiger partial charge in [-0.05, 0) is 52.8 Å². The third-order valence-electron chi connectivity index (χ3n) is 7.65. The summed E-state index contributed by atoms with van der Waals surface area (Å²) >= 11 is 0. The lowest BCUT2D eigenvalue weighted by Crippen LogP contribution is -2.53. The number of rotatable bonds is 5. The average Bonchev–Trinajstić information content (AvgIpc) is 3.31. The summed E-state index contributed by atoms with van der Waals surface area (Å²) in [6.45, 7) is 4.70. The van der Waals surface area contributed by atoms with Crippen LogP contribution in [0.5, 0.6) is 0 Å². The van der Waals surface area contributed by atoms with Gasteiger partial charge in [0.25, 0.3) is 5.60 Å². The van der Waals surface area contributed by atoms with Gasteiger partial charge < -0.3 is 5.11 Å². The Morgan fingerprint density at radius 2 is 1.39 bits per heavy atom. The van der Waals surface area contributed by atoms with Crippen LogP contribution >= 0.6 is 0 Å². The quantitative estimate of drug-likeness (QED) is 0.415. The van der Waals surface area contributed by atoms with Crippen molar-refractivity contribution >= 4 is 0 Å². The smallest absolute Gasteiger partial charge is 0.369 e. The van der Waals surface area contributed by atoms with Gasteiger partial charge >= 0.3 is 12.4 Å². The van der Waals surface area contributed by atoms with Gasteiger partial charge in [-0.15, -0.1) is 0 Å². The molecular formula is C28H27F6N3O. The zero-order valence-electron chi connectivity index (χ0n) is 20.4. The van der Waals surface area contributed by atoms with Crippen molar-refractivity contribution in [3.8, 4) is 11.1 Å². The van der Waals surface area contributed by atoms with E-state index in [1.165, 1.54) is 23.3 Å². The lowest BCUT2D eigenvalue weighted by molar-refractivity contribution is -0.376. The van der Waals surface area contributed by atoms with Gasteiger partial charge in [0.1, 0.15) is 0 Å². The fourth-order valence-electron chi connectivity index (χ4n) is 5.53. The highest BCUT2D eigenvalue weighted by Gasteiger charge is 2.71. The Labute approximate surface area is 216 Å². The van der Waals surface area contributed by atoms with Crippen molar-refractivity contribution < 1.29 is 31.4 Å². The first-order valence-corrected chi connectivity index (χ1v) is 12.4. The predicted octanol–water partition coefficient (Wildman–Crippen LogP) is 5.87. The molecular weight excluding hydrogens is 508 g/mol. The number of nitrogens with zero attached hydrogens (tertiary/aromatic N) is 3. The highest BCUT2D eigenvalue weighted by Crippen LogP contribution is 2.50. The first-order chi connectivity index (χ1) is 18.0. The van der Waals surface area contributed by atoms with Crippen molar-refractivity contribution in [3.63, 3.8) is 0 Å². The number of fused-ring (bicyclic) bond motifs is 1. The van der Waals surface area contributed by atoms with Crippen LogP contribution in [0, 0.1) is 0 Å². The van der Waals surface area contributed by atoms with Gasteiger partial charge in [-0.25, -0.2) is 0 Å². The number of aryl methyl sites for hydroxylation is 1. The molecule has 10 heteroatoms. The molecule has 0 spiro atoms. The molecule has 0 amide bonds. The molecule has 0 saturated carbocycles. The van der Waals surface area contributed by atoms with Crippen LogP contribution in [0.3, 0.4) is 0 Å². The number of halogens is 6. The maximum atomic E-state index is 13.2. The van der Waals surface area contributed by atoms with E-state index in [-0.39, 0.29) is 6.04 Å². The fourth-order valence-corrected chi connectivity index (χ4v) is 5.53. The summed E-state index contributed by atoms with van der Waals surface area (Å²) in [5, 5.41) is 9.63. The number of aromatic nitrogens is 1. The molecule has 1 N–H and O–H groups in total. The van der Waals surface area contributed by atoms with Crippen molar-refractivity contribution in [2.45, 2.75) is 43.4 Å². The molecule has 38 heavy (non-hydrogen) atoms. The molecule has 1 unspecified atom stereocenters. The summed E-state index contributed by atoms with van der Waals surface area (Å²) in [4.78, 5) is 8.97. The van der Waals surface area contributed by atoms with Crippen molar-refractivity contribution in [1.82, 2.24) is 14.8 Å². The van der Waals surface area contributed by atoms with Gasteiger partial charge in [-0.1, -0.05) is 42.5 Å². The summed E-state index contributed by atoms with van der Waals surface area (Å²) in [6, 6.07) is 13.9. The van der Waals surface area contributed by atoms with Crippen LogP contribution in [-0.4, -0.2) is 58.4 Å². The largest absolute Gasteiger partial charge is 0.430 e. The van der Waals surface area contributed by atoms with Crippen molar-refractivity contribution in [2.24, 2.45) is 0 Å². The summed E-state index contributed by atoms with van der Waals surface area (Å²) in [6.07, 6.45) is -6.39. The van der Waals surface area contributed by atoms with Crippen molar-refractivity contribution in [2.75, 3.05) is 26.2 Å². The van der Waals surface area contributed by atoms with Crippen LogP contribution in [-0.2, 0) is 18.6 Å². The first kappa shape index (κ1) is 26.6. The van der Waals surface area contributed by atoms with E-state index in [0.29, 0.717) is 23.3 Å². The maximum absolute atomic E-state index is 13.2. The summed E-state index contributed by atoms with van der Waals surface area (Å²) in [5.74, 6) is 0. The molecule has 5 rings (SSSR count). The Hall–Kier alpha value is -2.95. The molecule has 3 aromatic rings. The molecule has 2 aliphatic rings.